The summed E-state index contributed by atoms with van der Waals surface area (Å²) in [4.78, 5) is 0. The molecular formula is C11H21N5. The van der Waals surface area contributed by atoms with Crippen LogP contribution in [-0.2, 0) is 0 Å². The SMILES string of the molecule is CC1CCC(C(NN)c2cn[nH]n2)CC1C. The molecule has 0 aliphatic heterocycles. The molecule has 1 aromatic heterocycles. The van der Waals surface area contributed by atoms with Gasteiger partial charge in [-0.3, -0.25) is 11.3 Å². The zero-order valence-electron chi connectivity index (χ0n) is 9.98. The van der Waals surface area contributed by atoms with Gasteiger partial charge in [-0.15, -0.1) is 0 Å². The summed E-state index contributed by atoms with van der Waals surface area (Å²) in [6, 6.07) is 0.133. The van der Waals surface area contributed by atoms with Gasteiger partial charge in [0.05, 0.1) is 12.2 Å². The number of nitrogens with zero attached hydrogens (tertiary/aromatic N) is 2. The Hall–Kier alpha value is -0.940. The van der Waals surface area contributed by atoms with Gasteiger partial charge in [0, 0.05) is 0 Å². The Morgan fingerprint density at radius 3 is 2.81 bits per heavy atom. The quantitative estimate of drug-likeness (QED) is 0.534. The minimum absolute atomic E-state index is 0.133. The normalized spacial score (nSPS) is 32.6. The third-order valence-electron chi connectivity index (χ3n) is 4.04. The number of aromatic nitrogens is 3. The molecule has 1 aromatic rings. The molecule has 5 heteroatoms. The summed E-state index contributed by atoms with van der Waals surface area (Å²) in [5, 5.41) is 10.6. The molecule has 4 N–H and O–H groups in total. The van der Waals surface area contributed by atoms with Gasteiger partial charge >= 0.3 is 0 Å². The Morgan fingerprint density at radius 2 is 2.25 bits per heavy atom. The van der Waals surface area contributed by atoms with Crippen LogP contribution in [0.1, 0.15) is 44.8 Å². The van der Waals surface area contributed by atoms with E-state index in [0.717, 1.165) is 17.5 Å². The van der Waals surface area contributed by atoms with E-state index in [1.807, 2.05) is 0 Å². The number of H-pyrrole nitrogens is 1. The molecule has 4 atom stereocenters. The molecule has 0 bridgehead atoms. The predicted molar refractivity (Wildman–Crippen MR) is 62.1 cm³/mol. The minimum Gasteiger partial charge on any atom is -0.271 e. The lowest BCUT2D eigenvalue weighted by Crippen LogP contribution is -2.37. The van der Waals surface area contributed by atoms with Crippen molar-refractivity contribution < 1.29 is 0 Å². The molecule has 0 saturated heterocycles. The van der Waals surface area contributed by atoms with Crippen LogP contribution in [-0.4, -0.2) is 15.4 Å². The van der Waals surface area contributed by atoms with Crippen LogP contribution in [0.25, 0.3) is 0 Å². The number of aromatic amines is 1. The van der Waals surface area contributed by atoms with Crippen LogP contribution >= 0.6 is 0 Å². The van der Waals surface area contributed by atoms with Crippen LogP contribution in [0.4, 0.5) is 0 Å². The number of nitrogens with one attached hydrogen (secondary N) is 2. The van der Waals surface area contributed by atoms with Gasteiger partial charge in [-0.2, -0.15) is 15.4 Å². The van der Waals surface area contributed by atoms with E-state index in [1.165, 1.54) is 19.3 Å². The molecule has 2 rings (SSSR count). The van der Waals surface area contributed by atoms with Crippen LogP contribution in [0.5, 0.6) is 0 Å². The van der Waals surface area contributed by atoms with E-state index in [0.29, 0.717) is 5.92 Å². The van der Waals surface area contributed by atoms with Crippen molar-refractivity contribution in [3.63, 3.8) is 0 Å². The monoisotopic (exact) mass is 223 g/mol. The number of hydrogen-bond acceptors (Lipinski definition) is 4. The molecule has 1 aliphatic rings. The molecule has 1 fully saturated rings. The lowest BCUT2D eigenvalue weighted by atomic mass is 9.73. The maximum Gasteiger partial charge on any atom is 0.101 e. The first kappa shape index (κ1) is 11.5. The highest BCUT2D eigenvalue weighted by Crippen LogP contribution is 2.38. The van der Waals surface area contributed by atoms with Crippen LogP contribution in [0.3, 0.4) is 0 Å². The summed E-state index contributed by atoms with van der Waals surface area (Å²) in [6.07, 6.45) is 5.46. The highest BCUT2D eigenvalue weighted by Gasteiger charge is 2.31. The molecule has 1 saturated carbocycles. The maximum absolute atomic E-state index is 5.64. The Balaban J connectivity index is 2.05. The number of nitrogens with two attached hydrogens (primary N) is 1. The molecule has 1 heterocycles. The number of rotatable bonds is 3. The Kier molecular flexibility index (Phi) is 3.56. The summed E-state index contributed by atoms with van der Waals surface area (Å²) in [7, 11) is 0. The van der Waals surface area contributed by atoms with Crippen molar-refractivity contribution in [2.45, 2.75) is 39.2 Å². The van der Waals surface area contributed by atoms with E-state index in [4.69, 9.17) is 5.84 Å². The molecule has 4 unspecified atom stereocenters. The molecule has 90 valence electrons. The second-order valence-corrected chi connectivity index (χ2v) is 5.07. The Labute approximate surface area is 96.2 Å². The van der Waals surface area contributed by atoms with Crippen molar-refractivity contribution >= 4 is 0 Å². The van der Waals surface area contributed by atoms with Gasteiger partial charge in [-0.25, -0.2) is 0 Å². The van der Waals surface area contributed by atoms with E-state index in [1.54, 1.807) is 6.20 Å². The van der Waals surface area contributed by atoms with Gasteiger partial charge in [-0.1, -0.05) is 20.3 Å². The van der Waals surface area contributed by atoms with Crippen molar-refractivity contribution in [3.05, 3.63) is 11.9 Å². The third-order valence-corrected chi connectivity index (χ3v) is 4.04. The summed E-state index contributed by atoms with van der Waals surface area (Å²) in [5.41, 5.74) is 3.81. The summed E-state index contributed by atoms with van der Waals surface area (Å²) < 4.78 is 0. The molecule has 0 amide bonds. The van der Waals surface area contributed by atoms with Crippen molar-refractivity contribution in [1.29, 1.82) is 0 Å². The summed E-state index contributed by atoms with van der Waals surface area (Å²) >= 11 is 0. The third kappa shape index (κ3) is 2.25. The summed E-state index contributed by atoms with van der Waals surface area (Å²) in [6.45, 7) is 4.66. The first-order valence-corrected chi connectivity index (χ1v) is 6.04. The second kappa shape index (κ2) is 4.93. The highest BCUT2D eigenvalue weighted by atomic mass is 15.3. The molecular weight excluding hydrogens is 202 g/mol. The lowest BCUT2D eigenvalue weighted by Gasteiger charge is -2.35. The van der Waals surface area contributed by atoms with Crippen molar-refractivity contribution in [2.24, 2.45) is 23.6 Å². The van der Waals surface area contributed by atoms with E-state index >= 15 is 0 Å². The standard InChI is InChI=1S/C11H21N5/c1-7-3-4-9(5-8(7)2)11(14-12)10-6-13-16-15-10/h6-9,11,14H,3-5,12H2,1-2H3,(H,13,15,16). The highest BCUT2D eigenvalue weighted by molar-refractivity contribution is 5.02. The fourth-order valence-corrected chi connectivity index (χ4v) is 2.72. The van der Waals surface area contributed by atoms with Gasteiger partial charge in [0.15, 0.2) is 0 Å². The van der Waals surface area contributed by atoms with Crippen LogP contribution < -0.4 is 11.3 Å². The van der Waals surface area contributed by atoms with E-state index < -0.39 is 0 Å². The lowest BCUT2D eigenvalue weighted by molar-refractivity contribution is 0.169. The average molecular weight is 223 g/mol. The van der Waals surface area contributed by atoms with E-state index in [9.17, 15) is 0 Å². The van der Waals surface area contributed by atoms with E-state index in [-0.39, 0.29) is 6.04 Å². The van der Waals surface area contributed by atoms with Gasteiger partial charge in [-0.05, 0) is 30.6 Å². The molecule has 1 aliphatic carbocycles. The first-order valence-electron chi connectivity index (χ1n) is 6.04. The van der Waals surface area contributed by atoms with Crippen LogP contribution in [0.2, 0.25) is 0 Å². The largest absolute Gasteiger partial charge is 0.271 e. The first-order chi connectivity index (χ1) is 7.72. The van der Waals surface area contributed by atoms with Crippen molar-refractivity contribution in [3.8, 4) is 0 Å². The van der Waals surface area contributed by atoms with Crippen molar-refractivity contribution in [1.82, 2.24) is 20.8 Å². The van der Waals surface area contributed by atoms with Crippen LogP contribution in [0, 0.1) is 17.8 Å². The van der Waals surface area contributed by atoms with Gasteiger partial charge < -0.3 is 0 Å². The fraction of sp³-hybridized carbons (Fsp3) is 0.818. The molecule has 0 radical (unpaired) electrons. The van der Waals surface area contributed by atoms with Gasteiger partial charge in [0.25, 0.3) is 0 Å². The molecule has 16 heavy (non-hydrogen) atoms. The zero-order chi connectivity index (χ0) is 11.5. The Morgan fingerprint density at radius 1 is 1.44 bits per heavy atom. The molecule has 0 spiro atoms. The molecule has 0 aromatic carbocycles. The van der Waals surface area contributed by atoms with Gasteiger partial charge in [0.1, 0.15) is 5.69 Å². The minimum atomic E-state index is 0.133. The van der Waals surface area contributed by atoms with Crippen LogP contribution in [0.15, 0.2) is 6.20 Å². The maximum atomic E-state index is 5.64. The smallest absolute Gasteiger partial charge is 0.101 e. The fourth-order valence-electron chi connectivity index (χ4n) is 2.72. The van der Waals surface area contributed by atoms with Crippen molar-refractivity contribution in [2.75, 3.05) is 0 Å². The number of hydrogen-bond donors (Lipinski definition) is 3. The second-order valence-electron chi connectivity index (χ2n) is 5.07. The van der Waals surface area contributed by atoms with E-state index in [2.05, 4.69) is 34.7 Å². The zero-order valence-corrected chi connectivity index (χ0v) is 9.98. The molecule has 5 nitrogen and oxygen atoms in total. The van der Waals surface area contributed by atoms with Gasteiger partial charge in [0.2, 0.25) is 0 Å². The summed E-state index contributed by atoms with van der Waals surface area (Å²) in [5.74, 6) is 7.81. The topological polar surface area (TPSA) is 79.6 Å². The predicted octanol–water partition coefficient (Wildman–Crippen LogP) is 1.38. The average Bonchev–Trinajstić information content (AvgIpc) is 2.78. The number of hydrazine groups is 1. The Bertz CT molecular complexity index is 310.